The number of carboxylic acids is 1. The van der Waals surface area contributed by atoms with Gasteiger partial charge in [-0.25, -0.2) is 4.79 Å². The van der Waals surface area contributed by atoms with Gasteiger partial charge in [-0.3, -0.25) is 4.98 Å². The third kappa shape index (κ3) is 5.09. The van der Waals surface area contributed by atoms with E-state index in [0.29, 0.717) is 36.3 Å². The van der Waals surface area contributed by atoms with Crippen LogP contribution in [0.4, 0.5) is 5.69 Å². The van der Waals surface area contributed by atoms with Gasteiger partial charge in [0.05, 0.1) is 6.61 Å². The van der Waals surface area contributed by atoms with E-state index in [-0.39, 0.29) is 5.41 Å². The van der Waals surface area contributed by atoms with Gasteiger partial charge in [0.25, 0.3) is 0 Å². The summed E-state index contributed by atoms with van der Waals surface area (Å²) in [5.41, 5.74) is 5.13. The zero-order chi connectivity index (χ0) is 27.7. The second-order valence-electron chi connectivity index (χ2n) is 12.3. The standard InChI is InChI=1S/C34H39ClN2O3/c1-23(22-40-31-13-18-36-30-12-5-3-10-28(30)31)19-25-20-24-7-2-4-11-29(24)33(25)14-16-34(17-15-33,32(38)39)37-27-9-6-8-26(35)21-27/h2,4,6-9,11,13,18,21,23,25,37H,3,5,10,12,14-17,19-20,22H2,1H3,(H,38,39)/t23-,25+,33?,34?/m1/s1. The number of carbonyl (C=O) groups is 1. The predicted molar refractivity (Wildman–Crippen MR) is 159 cm³/mol. The average Bonchev–Trinajstić information content (AvgIpc) is 3.25. The Bertz CT molecular complexity index is 1380. The molecular weight excluding hydrogens is 520 g/mol. The molecule has 1 spiro atoms. The Hall–Kier alpha value is -3.05. The second-order valence-corrected chi connectivity index (χ2v) is 12.8. The molecule has 6 rings (SSSR count). The summed E-state index contributed by atoms with van der Waals surface area (Å²) >= 11 is 6.21. The third-order valence-corrected chi connectivity index (χ3v) is 10.1. The lowest BCUT2D eigenvalue weighted by Gasteiger charge is -2.47. The normalized spacial score (nSPS) is 26.1. The van der Waals surface area contributed by atoms with E-state index >= 15 is 0 Å². The molecule has 1 fully saturated rings. The number of aryl methyl sites for hydroxylation is 1. The number of aromatic nitrogens is 1. The van der Waals surface area contributed by atoms with Crippen molar-refractivity contribution < 1.29 is 14.6 Å². The van der Waals surface area contributed by atoms with Gasteiger partial charge in [-0.05, 0) is 117 Å². The molecule has 0 unspecified atom stereocenters. The molecular formula is C34H39ClN2O3. The van der Waals surface area contributed by atoms with Gasteiger partial charge >= 0.3 is 5.97 Å². The lowest BCUT2D eigenvalue weighted by Crippen LogP contribution is -2.53. The number of aliphatic carboxylic acids is 1. The molecule has 210 valence electrons. The number of pyridine rings is 1. The Morgan fingerprint density at radius 1 is 1.10 bits per heavy atom. The fraction of sp³-hybridized carbons (Fsp3) is 0.471. The summed E-state index contributed by atoms with van der Waals surface area (Å²) in [6.07, 6.45) is 11.4. The average molecular weight is 559 g/mol. The van der Waals surface area contributed by atoms with Crippen LogP contribution in [0.5, 0.6) is 5.75 Å². The number of carboxylic acid groups (broad SMARTS) is 1. The van der Waals surface area contributed by atoms with Crippen molar-refractivity contribution in [3.05, 3.63) is 88.2 Å². The number of halogens is 1. The molecule has 1 heterocycles. The summed E-state index contributed by atoms with van der Waals surface area (Å²) in [5.74, 6) is 1.08. The van der Waals surface area contributed by atoms with Crippen molar-refractivity contribution in [2.24, 2.45) is 11.8 Å². The molecule has 0 bridgehead atoms. The van der Waals surface area contributed by atoms with Gasteiger partial charge in [0.15, 0.2) is 0 Å². The highest BCUT2D eigenvalue weighted by molar-refractivity contribution is 6.30. The molecule has 0 aliphatic heterocycles. The summed E-state index contributed by atoms with van der Waals surface area (Å²) in [4.78, 5) is 17.3. The van der Waals surface area contributed by atoms with Gasteiger partial charge in [-0.15, -0.1) is 0 Å². The predicted octanol–water partition coefficient (Wildman–Crippen LogP) is 7.64. The number of ether oxygens (including phenoxy) is 1. The van der Waals surface area contributed by atoms with Crippen LogP contribution in [0, 0.1) is 11.8 Å². The van der Waals surface area contributed by atoms with Crippen LogP contribution in [-0.4, -0.2) is 28.2 Å². The highest BCUT2D eigenvalue weighted by Gasteiger charge is 2.54. The molecule has 1 saturated carbocycles. The minimum atomic E-state index is -0.993. The van der Waals surface area contributed by atoms with Crippen LogP contribution in [0.1, 0.15) is 74.3 Å². The lowest BCUT2D eigenvalue weighted by atomic mass is 9.59. The van der Waals surface area contributed by atoms with Crippen LogP contribution in [0.25, 0.3) is 0 Å². The quantitative estimate of drug-likeness (QED) is 0.297. The minimum Gasteiger partial charge on any atom is -0.493 e. The SMILES string of the molecule is C[C@@H](COc1ccnc2c1CCCC2)C[C@H]1Cc2ccccc2C12CCC(Nc1cccc(Cl)c1)(C(=O)O)CC2. The molecule has 2 atom stereocenters. The van der Waals surface area contributed by atoms with E-state index < -0.39 is 11.5 Å². The first-order valence-corrected chi connectivity index (χ1v) is 15.2. The lowest BCUT2D eigenvalue weighted by molar-refractivity contribution is -0.144. The van der Waals surface area contributed by atoms with Crippen molar-refractivity contribution in [1.82, 2.24) is 4.98 Å². The number of nitrogens with zero attached hydrogens (tertiary/aromatic N) is 1. The van der Waals surface area contributed by atoms with Gasteiger partial charge in [0.1, 0.15) is 11.3 Å². The number of fused-ring (bicyclic) bond motifs is 3. The van der Waals surface area contributed by atoms with Gasteiger partial charge in [0.2, 0.25) is 0 Å². The fourth-order valence-electron chi connectivity index (χ4n) is 7.72. The number of benzene rings is 2. The summed E-state index contributed by atoms with van der Waals surface area (Å²) < 4.78 is 6.43. The van der Waals surface area contributed by atoms with Crippen molar-refractivity contribution in [1.29, 1.82) is 0 Å². The van der Waals surface area contributed by atoms with Crippen LogP contribution in [0.2, 0.25) is 5.02 Å². The number of hydrogen-bond acceptors (Lipinski definition) is 4. The fourth-order valence-corrected chi connectivity index (χ4v) is 7.91. The first kappa shape index (κ1) is 27.1. The van der Waals surface area contributed by atoms with Gasteiger partial charge < -0.3 is 15.2 Å². The summed E-state index contributed by atoms with van der Waals surface area (Å²) in [7, 11) is 0. The van der Waals surface area contributed by atoms with Crippen molar-refractivity contribution in [3.8, 4) is 5.75 Å². The highest BCUT2D eigenvalue weighted by atomic mass is 35.5. The molecule has 6 heteroatoms. The van der Waals surface area contributed by atoms with Gasteiger partial charge in [0, 0.05) is 28.2 Å². The molecule has 5 nitrogen and oxygen atoms in total. The molecule has 40 heavy (non-hydrogen) atoms. The Balaban J connectivity index is 1.19. The van der Waals surface area contributed by atoms with E-state index in [4.69, 9.17) is 16.3 Å². The molecule has 2 aromatic carbocycles. The monoisotopic (exact) mass is 558 g/mol. The first-order valence-electron chi connectivity index (χ1n) is 14.8. The smallest absolute Gasteiger partial charge is 0.329 e. The summed E-state index contributed by atoms with van der Waals surface area (Å²) in [6.45, 7) is 2.99. The topological polar surface area (TPSA) is 71.5 Å². The maximum Gasteiger partial charge on any atom is 0.329 e. The number of nitrogens with one attached hydrogen (secondary N) is 1. The van der Waals surface area contributed by atoms with Crippen molar-refractivity contribution >= 4 is 23.3 Å². The highest BCUT2D eigenvalue weighted by Crippen LogP contribution is 2.56. The number of hydrogen-bond donors (Lipinski definition) is 2. The van der Waals surface area contributed by atoms with Crippen molar-refractivity contribution in [3.63, 3.8) is 0 Å². The van der Waals surface area contributed by atoms with E-state index in [1.54, 1.807) is 0 Å². The van der Waals surface area contributed by atoms with Gasteiger partial charge in [-0.1, -0.05) is 48.9 Å². The van der Waals surface area contributed by atoms with Crippen LogP contribution in [0.15, 0.2) is 60.8 Å². The zero-order valence-corrected chi connectivity index (χ0v) is 24.1. The molecule has 3 aromatic rings. The Morgan fingerprint density at radius 2 is 1.90 bits per heavy atom. The van der Waals surface area contributed by atoms with Crippen molar-refractivity contribution in [2.75, 3.05) is 11.9 Å². The Labute approximate surface area is 242 Å². The molecule has 0 amide bonds. The van der Waals surface area contributed by atoms with Gasteiger partial charge in [-0.2, -0.15) is 0 Å². The maximum absolute atomic E-state index is 12.7. The van der Waals surface area contributed by atoms with E-state index in [1.807, 2.05) is 36.5 Å². The van der Waals surface area contributed by atoms with E-state index in [9.17, 15) is 9.90 Å². The molecule has 3 aliphatic carbocycles. The molecule has 3 aliphatic rings. The summed E-state index contributed by atoms with van der Waals surface area (Å²) in [6, 6.07) is 18.3. The maximum atomic E-state index is 12.7. The largest absolute Gasteiger partial charge is 0.493 e. The van der Waals surface area contributed by atoms with Crippen LogP contribution >= 0.6 is 11.6 Å². The zero-order valence-electron chi connectivity index (χ0n) is 23.3. The molecule has 1 aromatic heterocycles. The summed E-state index contributed by atoms with van der Waals surface area (Å²) in [5, 5.41) is 14.4. The van der Waals surface area contributed by atoms with E-state index in [1.165, 1.54) is 35.2 Å². The number of rotatable bonds is 8. The van der Waals surface area contributed by atoms with Crippen LogP contribution in [0.3, 0.4) is 0 Å². The van der Waals surface area contributed by atoms with Crippen LogP contribution in [-0.2, 0) is 29.5 Å². The Kier molecular flexibility index (Phi) is 7.52. The molecule has 2 N–H and O–H groups in total. The van der Waals surface area contributed by atoms with Crippen LogP contribution < -0.4 is 10.1 Å². The minimum absolute atomic E-state index is 0.00432. The van der Waals surface area contributed by atoms with E-state index in [2.05, 4.69) is 41.5 Å². The molecule has 0 saturated heterocycles. The van der Waals surface area contributed by atoms with Crippen molar-refractivity contribution in [2.45, 2.75) is 82.1 Å². The Morgan fingerprint density at radius 3 is 2.70 bits per heavy atom. The molecule has 0 radical (unpaired) electrons. The number of anilines is 1. The third-order valence-electron chi connectivity index (χ3n) is 9.82. The van der Waals surface area contributed by atoms with E-state index in [0.717, 1.165) is 50.0 Å². The first-order chi connectivity index (χ1) is 19.4. The second kappa shape index (κ2) is 11.1.